The third-order valence-electron chi connectivity index (χ3n) is 6.30. The summed E-state index contributed by atoms with van der Waals surface area (Å²) in [7, 11) is 0. The van der Waals surface area contributed by atoms with E-state index in [0.29, 0.717) is 0 Å². The molecule has 162 valence electrons. The molecule has 27 heavy (non-hydrogen) atoms. The molecular formula is C27H54. The van der Waals surface area contributed by atoms with Crippen LogP contribution in [-0.2, 0) is 0 Å². The van der Waals surface area contributed by atoms with E-state index in [-0.39, 0.29) is 0 Å². The predicted molar refractivity (Wildman–Crippen MR) is 126 cm³/mol. The maximum Gasteiger partial charge on any atom is -0.0417 e. The van der Waals surface area contributed by atoms with Crippen LogP contribution in [0.25, 0.3) is 0 Å². The molecule has 1 unspecified atom stereocenters. The first-order valence-electron chi connectivity index (χ1n) is 12.9. The van der Waals surface area contributed by atoms with Gasteiger partial charge < -0.3 is 0 Å². The fourth-order valence-corrected chi connectivity index (χ4v) is 4.25. The SMILES string of the molecule is [CH2]CCCCCCCCCCCCC(CC)CCCCCCCCCC[CH2]. The van der Waals surface area contributed by atoms with Crippen molar-refractivity contribution < 1.29 is 0 Å². The van der Waals surface area contributed by atoms with Crippen LogP contribution in [0.3, 0.4) is 0 Å². The molecule has 0 rings (SSSR count). The molecule has 0 saturated carbocycles. The van der Waals surface area contributed by atoms with Gasteiger partial charge in [0.15, 0.2) is 0 Å². The van der Waals surface area contributed by atoms with E-state index in [9.17, 15) is 0 Å². The molecule has 0 saturated heterocycles. The fraction of sp³-hybridized carbons (Fsp3) is 0.926. The van der Waals surface area contributed by atoms with Crippen molar-refractivity contribution in [2.45, 2.75) is 155 Å². The maximum absolute atomic E-state index is 3.92. The van der Waals surface area contributed by atoms with E-state index in [2.05, 4.69) is 20.8 Å². The first kappa shape index (κ1) is 27.0. The van der Waals surface area contributed by atoms with Gasteiger partial charge in [0.2, 0.25) is 0 Å². The minimum Gasteiger partial charge on any atom is -0.0651 e. The van der Waals surface area contributed by atoms with Crippen molar-refractivity contribution in [1.82, 2.24) is 0 Å². The first-order valence-corrected chi connectivity index (χ1v) is 12.9. The van der Waals surface area contributed by atoms with Crippen LogP contribution in [0.5, 0.6) is 0 Å². The summed E-state index contributed by atoms with van der Waals surface area (Å²) in [5.41, 5.74) is 0. The Morgan fingerprint density at radius 1 is 0.407 bits per heavy atom. The molecule has 2 radical (unpaired) electrons. The van der Waals surface area contributed by atoms with Crippen molar-refractivity contribution in [3.8, 4) is 0 Å². The highest BCUT2D eigenvalue weighted by Gasteiger charge is 2.06. The van der Waals surface area contributed by atoms with Gasteiger partial charge >= 0.3 is 0 Å². The summed E-state index contributed by atoms with van der Waals surface area (Å²) in [5, 5.41) is 0. The van der Waals surface area contributed by atoms with E-state index in [4.69, 9.17) is 0 Å². The molecule has 0 spiro atoms. The largest absolute Gasteiger partial charge is 0.0651 e. The van der Waals surface area contributed by atoms with Crippen LogP contribution in [-0.4, -0.2) is 0 Å². The van der Waals surface area contributed by atoms with Crippen molar-refractivity contribution in [2.24, 2.45) is 5.92 Å². The molecule has 0 nitrogen and oxygen atoms in total. The Labute approximate surface area is 174 Å². The van der Waals surface area contributed by atoms with Crippen LogP contribution in [0.4, 0.5) is 0 Å². The zero-order chi connectivity index (χ0) is 19.8. The van der Waals surface area contributed by atoms with Crippen LogP contribution >= 0.6 is 0 Å². The van der Waals surface area contributed by atoms with E-state index >= 15 is 0 Å². The highest BCUT2D eigenvalue weighted by molar-refractivity contribution is 4.59. The Kier molecular flexibility index (Phi) is 24.0. The summed E-state index contributed by atoms with van der Waals surface area (Å²) >= 11 is 0. The average molecular weight is 379 g/mol. The minimum absolute atomic E-state index is 1.01. The van der Waals surface area contributed by atoms with Gasteiger partial charge in [-0.05, 0) is 5.92 Å². The van der Waals surface area contributed by atoms with Gasteiger partial charge in [0.1, 0.15) is 0 Å². The normalized spacial score (nSPS) is 12.6. The summed E-state index contributed by atoms with van der Waals surface area (Å²) in [6.45, 7) is 10.2. The number of hydrogen-bond donors (Lipinski definition) is 0. The van der Waals surface area contributed by atoms with E-state index in [1.807, 2.05) is 0 Å². The van der Waals surface area contributed by atoms with Crippen LogP contribution in [0.2, 0.25) is 0 Å². The third-order valence-corrected chi connectivity index (χ3v) is 6.30. The monoisotopic (exact) mass is 378 g/mol. The molecule has 0 aromatic heterocycles. The third kappa shape index (κ3) is 22.2. The van der Waals surface area contributed by atoms with Crippen molar-refractivity contribution in [2.75, 3.05) is 0 Å². The molecule has 0 aromatic carbocycles. The molecule has 0 bridgehead atoms. The van der Waals surface area contributed by atoms with Crippen molar-refractivity contribution in [3.05, 3.63) is 13.8 Å². The topological polar surface area (TPSA) is 0 Å². The number of hydrogen-bond acceptors (Lipinski definition) is 0. The zero-order valence-electron chi connectivity index (χ0n) is 19.3. The number of rotatable bonds is 23. The van der Waals surface area contributed by atoms with Crippen LogP contribution in [0.15, 0.2) is 0 Å². The summed E-state index contributed by atoms with van der Waals surface area (Å²) in [6, 6.07) is 0. The van der Waals surface area contributed by atoms with Gasteiger partial charge in [-0.1, -0.05) is 168 Å². The van der Waals surface area contributed by atoms with Gasteiger partial charge in [-0.2, -0.15) is 0 Å². The van der Waals surface area contributed by atoms with Crippen LogP contribution in [0.1, 0.15) is 155 Å². The Morgan fingerprint density at radius 3 is 0.926 bits per heavy atom. The minimum atomic E-state index is 1.01. The van der Waals surface area contributed by atoms with Gasteiger partial charge in [-0.25, -0.2) is 0 Å². The Bertz CT molecular complexity index is 244. The summed E-state index contributed by atoms with van der Waals surface area (Å²) in [4.78, 5) is 0. The molecule has 0 amide bonds. The second-order valence-electron chi connectivity index (χ2n) is 8.92. The highest BCUT2D eigenvalue weighted by atomic mass is 14.1. The highest BCUT2D eigenvalue weighted by Crippen LogP contribution is 2.22. The zero-order valence-corrected chi connectivity index (χ0v) is 19.3. The van der Waals surface area contributed by atoms with Crippen LogP contribution < -0.4 is 0 Å². The second kappa shape index (κ2) is 24.0. The lowest BCUT2D eigenvalue weighted by atomic mass is 9.92. The number of unbranched alkanes of at least 4 members (excludes halogenated alkanes) is 18. The molecule has 0 fully saturated rings. The molecule has 0 aliphatic rings. The van der Waals surface area contributed by atoms with Gasteiger partial charge in [0.25, 0.3) is 0 Å². The van der Waals surface area contributed by atoms with Gasteiger partial charge in [0.05, 0.1) is 0 Å². The van der Waals surface area contributed by atoms with E-state index in [1.165, 1.54) is 135 Å². The summed E-state index contributed by atoms with van der Waals surface area (Å²) in [6.07, 6.45) is 32.6. The molecule has 0 aliphatic carbocycles. The fourth-order valence-electron chi connectivity index (χ4n) is 4.25. The van der Waals surface area contributed by atoms with Gasteiger partial charge in [0, 0.05) is 0 Å². The lowest BCUT2D eigenvalue weighted by molar-refractivity contribution is 0.392. The Morgan fingerprint density at radius 2 is 0.667 bits per heavy atom. The van der Waals surface area contributed by atoms with E-state index < -0.39 is 0 Å². The lowest BCUT2D eigenvalue weighted by Crippen LogP contribution is -1.99. The molecular weight excluding hydrogens is 324 g/mol. The van der Waals surface area contributed by atoms with E-state index in [0.717, 1.165) is 18.8 Å². The summed E-state index contributed by atoms with van der Waals surface area (Å²) < 4.78 is 0. The van der Waals surface area contributed by atoms with Crippen molar-refractivity contribution >= 4 is 0 Å². The van der Waals surface area contributed by atoms with Crippen LogP contribution in [0, 0.1) is 19.8 Å². The maximum atomic E-state index is 3.92. The molecule has 0 N–H and O–H groups in total. The Hall–Kier alpha value is 0. The molecule has 1 atom stereocenters. The predicted octanol–water partition coefficient (Wildman–Crippen LogP) is 10.3. The first-order chi connectivity index (χ1) is 13.3. The molecule has 0 heteroatoms. The van der Waals surface area contributed by atoms with E-state index in [1.54, 1.807) is 0 Å². The molecule has 0 heterocycles. The second-order valence-corrected chi connectivity index (χ2v) is 8.92. The lowest BCUT2D eigenvalue weighted by Gasteiger charge is -2.14. The average Bonchev–Trinajstić information content (AvgIpc) is 2.69. The quantitative estimate of drug-likeness (QED) is 0.155. The molecule has 0 aromatic rings. The van der Waals surface area contributed by atoms with Crippen molar-refractivity contribution in [1.29, 1.82) is 0 Å². The Balaban J connectivity index is 3.27. The smallest absolute Gasteiger partial charge is 0.0417 e. The molecule has 0 aliphatic heterocycles. The van der Waals surface area contributed by atoms with Gasteiger partial charge in [-0.3, -0.25) is 0 Å². The summed E-state index contributed by atoms with van der Waals surface area (Å²) in [5.74, 6) is 1.01. The standard InChI is InChI=1S/C27H54/c1-4-7-9-11-13-15-16-18-20-22-24-26-27(6-3)25-23-21-19-17-14-12-10-8-5-2/h27H,1-2,4-26H2,3H3. The van der Waals surface area contributed by atoms with Gasteiger partial charge in [-0.15, -0.1) is 0 Å². The van der Waals surface area contributed by atoms with Crippen molar-refractivity contribution in [3.63, 3.8) is 0 Å².